The van der Waals surface area contributed by atoms with E-state index < -0.39 is 26.4 Å². The van der Waals surface area contributed by atoms with Gasteiger partial charge >= 0.3 is 11.9 Å². The lowest BCUT2D eigenvalue weighted by Crippen LogP contribution is -2.43. The zero-order valence-corrected chi connectivity index (χ0v) is 24.3. The molecule has 1 heterocycles. The van der Waals surface area contributed by atoms with Crippen molar-refractivity contribution in [1.82, 2.24) is 5.16 Å². The molecule has 9 nitrogen and oxygen atoms in total. The number of hydrogen-bond acceptors (Lipinski definition) is 9. The van der Waals surface area contributed by atoms with E-state index in [9.17, 15) is 14.7 Å². The molecular formula is C29H35NO8Si. The van der Waals surface area contributed by atoms with Gasteiger partial charge in [0.1, 0.15) is 23.2 Å². The molecule has 0 saturated heterocycles. The molecule has 1 aromatic heterocycles. The van der Waals surface area contributed by atoms with E-state index in [1.54, 1.807) is 12.1 Å². The van der Waals surface area contributed by atoms with E-state index in [0.29, 0.717) is 5.76 Å². The Labute approximate surface area is 229 Å². The molecule has 3 rings (SSSR count). The number of phenols is 1. The van der Waals surface area contributed by atoms with Gasteiger partial charge < -0.3 is 28.3 Å². The topological polar surface area (TPSA) is 117 Å². The van der Waals surface area contributed by atoms with Crippen LogP contribution in [0, 0.1) is 0 Å². The molecule has 0 radical (unpaired) electrons. The van der Waals surface area contributed by atoms with E-state index in [-0.39, 0.29) is 34.4 Å². The first kappa shape index (κ1) is 29.7. The number of aromatic nitrogens is 1. The third kappa shape index (κ3) is 7.36. The lowest BCUT2D eigenvalue weighted by Gasteiger charge is -2.37. The number of methoxy groups -OCH3 is 2. The summed E-state index contributed by atoms with van der Waals surface area (Å²) < 4.78 is 27.5. The van der Waals surface area contributed by atoms with Crippen molar-refractivity contribution in [1.29, 1.82) is 0 Å². The van der Waals surface area contributed by atoms with Crippen LogP contribution in [0.1, 0.15) is 47.2 Å². The minimum atomic E-state index is -2.12. The number of nitrogens with zero attached hydrogens (tertiary/aromatic N) is 1. The minimum Gasteiger partial charge on any atom is -0.507 e. The normalized spacial score (nSPS) is 12.8. The van der Waals surface area contributed by atoms with E-state index in [0.717, 1.165) is 11.1 Å². The third-order valence-electron chi connectivity index (χ3n) is 6.67. The predicted octanol–water partition coefficient (Wildman–Crippen LogP) is 6.10. The molecule has 0 spiro atoms. The highest BCUT2D eigenvalue weighted by molar-refractivity contribution is 6.74. The second-order valence-corrected chi connectivity index (χ2v) is 15.2. The predicted molar refractivity (Wildman–Crippen MR) is 149 cm³/mol. The van der Waals surface area contributed by atoms with Gasteiger partial charge in [-0.1, -0.05) is 56.3 Å². The van der Waals surface area contributed by atoms with Gasteiger partial charge in [-0.3, -0.25) is 0 Å². The average Bonchev–Trinajstić information content (AvgIpc) is 3.39. The van der Waals surface area contributed by atoms with E-state index in [1.807, 2.05) is 36.4 Å². The Morgan fingerprint density at radius 2 is 1.74 bits per heavy atom. The molecule has 208 valence electrons. The van der Waals surface area contributed by atoms with Gasteiger partial charge in [-0.25, -0.2) is 9.59 Å². The summed E-state index contributed by atoms with van der Waals surface area (Å²) in [5.41, 5.74) is 1.57. The third-order valence-corrected chi connectivity index (χ3v) is 11.2. The van der Waals surface area contributed by atoms with Crippen LogP contribution >= 0.6 is 0 Å². The van der Waals surface area contributed by atoms with Crippen LogP contribution in [-0.4, -0.2) is 57.4 Å². The number of esters is 2. The smallest absolute Gasteiger partial charge is 0.360 e. The SMILES string of the molecule is COC(=O)c1cc(-c2cccc(/C=C/C(CO[Si](C)(C)C(C)(C)C)Oc3cccc(O)c3C(=O)OC)c2)on1. The van der Waals surface area contributed by atoms with Gasteiger partial charge in [0.05, 0.1) is 20.8 Å². The molecule has 0 aliphatic heterocycles. The second-order valence-electron chi connectivity index (χ2n) is 10.4. The molecule has 0 saturated carbocycles. The molecule has 2 aromatic carbocycles. The van der Waals surface area contributed by atoms with Gasteiger partial charge in [0.15, 0.2) is 19.8 Å². The maximum absolute atomic E-state index is 12.4. The number of hydrogen-bond donors (Lipinski definition) is 1. The molecule has 0 amide bonds. The number of benzene rings is 2. The van der Waals surface area contributed by atoms with Crippen LogP contribution in [0.25, 0.3) is 17.4 Å². The zero-order chi connectivity index (χ0) is 28.8. The van der Waals surface area contributed by atoms with Crippen LogP contribution in [0.15, 0.2) is 59.1 Å². The molecule has 1 atom stereocenters. The number of carbonyl (C=O) groups excluding carboxylic acids is 2. The highest BCUT2D eigenvalue weighted by Gasteiger charge is 2.37. The van der Waals surface area contributed by atoms with Gasteiger partial charge in [0.25, 0.3) is 0 Å². The molecule has 0 aliphatic rings. The van der Waals surface area contributed by atoms with Gasteiger partial charge in [-0.15, -0.1) is 0 Å². The van der Waals surface area contributed by atoms with Crippen molar-refractivity contribution in [3.8, 4) is 22.8 Å². The van der Waals surface area contributed by atoms with E-state index >= 15 is 0 Å². The quantitative estimate of drug-likeness (QED) is 0.235. The molecule has 39 heavy (non-hydrogen) atoms. The van der Waals surface area contributed by atoms with Crippen LogP contribution in [-0.2, 0) is 13.9 Å². The summed E-state index contributed by atoms with van der Waals surface area (Å²) in [7, 11) is 0.399. The Morgan fingerprint density at radius 1 is 1.05 bits per heavy atom. The first-order chi connectivity index (χ1) is 18.4. The molecule has 0 bridgehead atoms. The van der Waals surface area contributed by atoms with Crippen molar-refractivity contribution in [3.63, 3.8) is 0 Å². The molecule has 1 N–H and O–H groups in total. The zero-order valence-electron chi connectivity index (χ0n) is 23.3. The van der Waals surface area contributed by atoms with Crippen molar-refractivity contribution in [2.75, 3.05) is 20.8 Å². The van der Waals surface area contributed by atoms with Crippen LogP contribution in [0.2, 0.25) is 18.1 Å². The first-order valence-corrected chi connectivity index (χ1v) is 15.3. The molecule has 10 heteroatoms. The van der Waals surface area contributed by atoms with Gasteiger partial charge in [0, 0.05) is 11.6 Å². The van der Waals surface area contributed by atoms with Crippen molar-refractivity contribution in [2.24, 2.45) is 0 Å². The Morgan fingerprint density at radius 3 is 2.41 bits per heavy atom. The summed E-state index contributed by atoms with van der Waals surface area (Å²) in [6.07, 6.45) is 3.10. The van der Waals surface area contributed by atoms with Crippen molar-refractivity contribution in [2.45, 2.75) is 45.0 Å². The van der Waals surface area contributed by atoms with Crippen molar-refractivity contribution in [3.05, 3.63) is 71.4 Å². The number of aromatic hydroxyl groups is 1. The Bertz CT molecular complexity index is 1340. The van der Waals surface area contributed by atoms with Crippen molar-refractivity contribution >= 4 is 26.3 Å². The molecular weight excluding hydrogens is 518 g/mol. The maximum atomic E-state index is 12.4. The molecule has 0 aliphatic carbocycles. The highest BCUT2D eigenvalue weighted by Crippen LogP contribution is 2.37. The number of rotatable bonds is 10. The van der Waals surface area contributed by atoms with Gasteiger partial charge in [-0.05, 0) is 48.0 Å². The van der Waals surface area contributed by atoms with Crippen molar-refractivity contribution < 1.29 is 37.9 Å². The largest absolute Gasteiger partial charge is 0.507 e. The van der Waals surface area contributed by atoms with Gasteiger partial charge in [-0.2, -0.15) is 0 Å². The van der Waals surface area contributed by atoms with Crippen LogP contribution in [0.5, 0.6) is 11.5 Å². The Balaban J connectivity index is 1.91. The minimum absolute atomic E-state index is 0.0160. The van der Waals surface area contributed by atoms with E-state index in [2.05, 4.69) is 43.8 Å². The monoisotopic (exact) mass is 553 g/mol. The summed E-state index contributed by atoms with van der Waals surface area (Å²) in [5.74, 6) is -0.926. The molecule has 3 aromatic rings. The summed E-state index contributed by atoms with van der Waals surface area (Å²) >= 11 is 0. The lowest BCUT2D eigenvalue weighted by molar-refractivity contribution is 0.0579. The summed E-state index contributed by atoms with van der Waals surface area (Å²) in [5, 5.41) is 14.0. The summed E-state index contributed by atoms with van der Waals surface area (Å²) in [6, 6.07) is 13.6. The fourth-order valence-electron chi connectivity index (χ4n) is 3.35. The lowest BCUT2D eigenvalue weighted by atomic mass is 10.1. The summed E-state index contributed by atoms with van der Waals surface area (Å²) in [6.45, 7) is 11.0. The molecule has 0 fully saturated rings. The Kier molecular flexibility index (Phi) is 9.36. The first-order valence-electron chi connectivity index (χ1n) is 12.4. The molecule has 1 unspecified atom stereocenters. The Hall–Kier alpha value is -3.89. The fraction of sp³-hybridized carbons (Fsp3) is 0.345. The highest BCUT2D eigenvalue weighted by atomic mass is 28.4. The number of carbonyl (C=O) groups is 2. The van der Waals surface area contributed by atoms with E-state index in [4.69, 9.17) is 18.4 Å². The number of ether oxygens (including phenoxy) is 3. The fourth-order valence-corrected chi connectivity index (χ4v) is 4.36. The van der Waals surface area contributed by atoms with Crippen LogP contribution in [0.4, 0.5) is 0 Å². The summed E-state index contributed by atoms with van der Waals surface area (Å²) in [4.78, 5) is 24.1. The second kappa shape index (κ2) is 12.3. The van der Waals surface area contributed by atoms with Crippen LogP contribution < -0.4 is 4.74 Å². The number of phenolic OH excluding ortho intramolecular Hbond substituents is 1. The van der Waals surface area contributed by atoms with Gasteiger partial charge in [0.2, 0.25) is 0 Å². The van der Waals surface area contributed by atoms with Crippen LogP contribution in [0.3, 0.4) is 0 Å². The standard InChI is InChI=1S/C29H35NO8Si/c1-29(2,3)39(6,7)36-18-21(37-24-13-9-12-23(31)26(24)28(33)35-5)15-14-19-10-8-11-20(16-19)25-17-22(30-38-25)27(32)34-4/h8-17,21,31H,18H2,1-7H3/b15-14+. The average molecular weight is 554 g/mol. The van der Waals surface area contributed by atoms with E-state index in [1.165, 1.54) is 26.4 Å². The maximum Gasteiger partial charge on any atom is 0.360 e.